The van der Waals surface area contributed by atoms with Crippen molar-refractivity contribution in [2.24, 2.45) is 0 Å². The van der Waals surface area contributed by atoms with E-state index in [9.17, 15) is 0 Å². The smallest absolute Gasteiger partial charge is 0.406 e. The number of rotatable bonds is 1. The molecule has 2 atom stereocenters. The molecule has 0 radical (unpaired) electrons. The van der Waals surface area contributed by atoms with Gasteiger partial charge >= 0.3 is 7.12 Å². The van der Waals surface area contributed by atoms with Crippen molar-refractivity contribution < 1.29 is 9.31 Å². The molecule has 0 saturated carbocycles. The predicted octanol–water partition coefficient (Wildman–Crippen LogP) is 1.32. The average Bonchev–Trinajstić information content (AvgIpc) is 2.13. The molecule has 2 nitrogen and oxygen atoms in total. The summed E-state index contributed by atoms with van der Waals surface area (Å²) in [6, 6.07) is 0. The van der Waals surface area contributed by atoms with Gasteiger partial charge < -0.3 is 9.31 Å². The Morgan fingerprint density at radius 2 is 1.67 bits per heavy atom. The van der Waals surface area contributed by atoms with Crippen LogP contribution in [0.25, 0.3) is 0 Å². The van der Waals surface area contributed by atoms with Gasteiger partial charge in [-0.25, -0.2) is 0 Å². The summed E-state index contributed by atoms with van der Waals surface area (Å²) in [5.74, 6) is 0. The second-order valence-electron chi connectivity index (χ2n) is 2.52. The molecule has 2 unspecified atom stereocenters. The summed E-state index contributed by atoms with van der Waals surface area (Å²) < 4.78 is 10.8. The Bertz CT molecular complexity index is 87.1. The van der Waals surface area contributed by atoms with Crippen molar-refractivity contribution in [2.45, 2.75) is 39.3 Å². The van der Waals surface area contributed by atoms with E-state index in [1.54, 1.807) is 0 Å². The summed E-state index contributed by atoms with van der Waals surface area (Å²) in [6.07, 6.45) is 1.50. The van der Waals surface area contributed by atoms with Gasteiger partial charge in [0.15, 0.2) is 0 Å². The molecule has 0 aliphatic carbocycles. The highest BCUT2D eigenvalue weighted by Gasteiger charge is 2.32. The molecule has 1 fully saturated rings. The third-order valence-electron chi connectivity index (χ3n) is 1.73. The molecule has 0 spiro atoms. The Kier molecular flexibility index (Phi) is 2.14. The fourth-order valence-electron chi connectivity index (χ4n) is 0.925. The van der Waals surface area contributed by atoms with Crippen LogP contribution in [-0.4, -0.2) is 19.3 Å². The van der Waals surface area contributed by atoms with Gasteiger partial charge in [0.1, 0.15) is 0 Å². The van der Waals surface area contributed by atoms with Gasteiger partial charge in [-0.2, -0.15) is 0 Å². The molecule has 0 aromatic carbocycles. The van der Waals surface area contributed by atoms with Gasteiger partial charge in [-0.3, -0.25) is 0 Å². The van der Waals surface area contributed by atoms with Crippen LogP contribution in [-0.2, 0) is 9.31 Å². The standard InChI is InChI=1S/C6H13BO2/c1-4-7-8-5(2)6(3)9-7/h5-6H,4H2,1-3H3. The lowest BCUT2D eigenvalue weighted by atomic mass is 9.87. The van der Waals surface area contributed by atoms with Crippen LogP contribution in [0.15, 0.2) is 0 Å². The van der Waals surface area contributed by atoms with E-state index in [4.69, 9.17) is 9.31 Å². The zero-order valence-electron chi connectivity index (χ0n) is 6.26. The third kappa shape index (κ3) is 1.46. The lowest BCUT2D eigenvalue weighted by molar-refractivity contribution is 0.187. The number of hydrogen-bond acceptors (Lipinski definition) is 2. The molecule has 1 rings (SSSR count). The van der Waals surface area contributed by atoms with Gasteiger partial charge in [-0.1, -0.05) is 6.92 Å². The topological polar surface area (TPSA) is 18.5 Å². The molecule has 1 aliphatic rings. The van der Waals surface area contributed by atoms with Crippen molar-refractivity contribution in [3.8, 4) is 0 Å². The predicted molar refractivity (Wildman–Crippen MR) is 37.3 cm³/mol. The van der Waals surface area contributed by atoms with E-state index in [1.165, 1.54) is 0 Å². The zero-order chi connectivity index (χ0) is 6.85. The minimum atomic E-state index is 0.0509. The minimum absolute atomic E-state index is 0.0509. The fraction of sp³-hybridized carbons (Fsp3) is 1.00. The van der Waals surface area contributed by atoms with E-state index in [2.05, 4.69) is 6.92 Å². The van der Waals surface area contributed by atoms with Crippen LogP contribution in [0.3, 0.4) is 0 Å². The average molecular weight is 128 g/mol. The SMILES string of the molecule is CCB1OC(C)C(C)O1. The maximum atomic E-state index is 5.40. The Balaban J connectivity index is 2.35. The summed E-state index contributed by atoms with van der Waals surface area (Å²) in [5, 5.41) is 0. The van der Waals surface area contributed by atoms with Gasteiger partial charge in [-0.05, 0) is 20.2 Å². The summed E-state index contributed by atoms with van der Waals surface area (Å²) in [7, 11) is 0.0509. The molecule has 0 amide bonds. The normalized spacial score (nSPS) is 35.7. The second kappa shape index (κ2) is 2.71. The third-order valence-corrected chi connectivity index (χ3v) is 1.73. The van der Waals surface area contributed by atoms with Crippen LogP contribution < -0.4 is 0 Å². The lowest BCUT2D eigenvalue weighted by Crippen LogP contribution is -2.13. The summed E-state index contributed by atoms with van der Waals surface area (Å²) in [4.78, 5) is 0. The number of hydrogen-bond donors (Lipinski definition) is 0. The van der Waals surface area contributed by atoms with E-state index < -0.39 is 0 Å². The first-order valence-corrected chi connectivity index (χ1v) is 3.55. The Hall–Kier alpha value is -0.0151. The van der Waals surface area contributed by atoms with Crippen molar-refractivity contribution in [1.82, 2.24) is 0 Å². The Labute approximate surface area is 56.7 Å². The van der Waals surface area contributed by atoms with Crippen molar-refractivity contribution in [1.29, 1.82) is 0 Å². The van der Waals surface area contributed by atoms with Crippen molar-refractivity contribution in [2.75, 3.05) is 0 Å². The molecule has 1 aliphatic heterocycles. The Morgan fingerprint density at radius 3 is 1.89 bits per heavy atom. The molecule has 9 heavy (non-hydrogen) atoms. The quantitative estimate of drug-likeness (QED) is 0.495. The monoisotopic (exact) mass is 128 g/mol. The summed E-state index contributed by atoms with van der Waals surface area (Å²) in [6.45, 7) is 6.15. The van der Waals surface area contributed by atoms with Crippen LogP contribution in [0, 0.1) is 0 Å². The van der Waals surface area contributed by atoms with Crippen LogP contribution in [0.4, 0.5) is 0 Å². The van der Waals surface area contributed by atoms with Gasteiger partial charge in [-0.15, -0.1) is 0 Å². The molecule has 0 bridgehead atoms. The molecule has 0 N–H and O–H groups in total. The van der Waals surface area contributed by atoms with E-state index in [1.807, 2.05) is 13.8 Å². The van der Waals surface area contributed by atoms with Gasteiger partial charge in [0, 0.05) is 0 Å². The van der Waals surface area contributed by atoms with Crippen LogP contribution >= 0.6 is 0 Å². The highest BCUT2D eigenvalue weighted by atomic mass is 16.6. The molecule has 3 heteroatoms. The molecular weight excluding hydrogens is 115 g/mol. The van der Waals surface area contributed by atoms with Gasteiger partial charge in [0.2, 0.25) is 0 Å². The van der Waals surface area contributed by atoms with Crippen LogP contribution in [0.2, 0.25) is 6.32 Å². The first kappa shape index (κ1) is 7.10. The first-order valence-electron chi connectivity index (χ1n) is 3.55. The minimum Gasteiger partial charge on any atom is -0.406 e. The lowest BCUT2D eigenvalue weighted by Gasteiger charge is -2.04. The van der Waals surface area contributed by atoms with E-state index in [-0.39, 0.29) is 19.3 Å². The van der Waals surface area contributed by atoms with E-state index >= 15 is 0 Å². The summed E-state index contributed by atoms with van der Waals surface area (Å²) in [5.41, 5.74) is 0. The largest absolute Gasteiger partial charge is 0.457 e. The van der Waals surface area contributed by atoms with E-state index in [0.29, 0.717) is 0 Å². The van der Waals surface area contributed by atoms with Crippen molar-refractivity contribution in [3.05, 3.63) is 0 Å². The molecule has 1 saturated heterocycles. The maximum absolute atomic E-state index is 5.40. The van der Waals surface area contributed by atoms with E-state index in [0.717, 1.165) is 6.32 Å². The second-order valence-corrected chi connectivity index (χ2v) is 2.52. The highest BCUT2D eigenvalue weighted by molar-refractivity contribution is 6.44. The molecular formula is C6H13BO2. The molecule has 0 aromatic rings. The van der Waals surface area contributed by atoms with Crippen LogP contribution in [0.5, 0.6) is 0 Å². The molecule has 0 aromatic heterocycles. The fourth-order valence-corrected chi connectivity index (χ4v) is 0.925. The van der Waals surface area contributed by atoms with Gasteiger partial charge in [0.25, 0.3) is 0 Å². The Morgan fingerprint density at radius 1 is 1.22 bits per heavy atom. The van der Waals surface area contributed by atoms with Gasteiger partial charge in [0.05, 0.1) is 12.2 Å². The maximum Gasteiger partial charge on any atom is 0.457 e. The highest BCUT2D eigenvalue weighted by Crippen LogP contribution is 2.17. The first-order chi connectivity index (χ1) is 4.24. The van der Waals surface area contributed by atoms with Crippen LogP contribution in [0.1, 0.15) is 20.8 Å². The zero-order valence-corrected chi connectivity index (χ0v) is 6.26. The molecule has 1 heterocycles. The van der Waals surface area contributed by atoms with Crippen molar-refractivity contribution in [3.63, 3.8) is 0 Å². The summed E-state index contributed by atoms with van der Waals surface area (Å²) >= 11 is 0. The van der Waals surface area contributed by atoms with Crippen molar-refractivity contribution >= 4 is 7.12 Å². The molecule has 52 valence electrons.